The van der Waals surface area contributed by atoms with Gasteiger partial charge in [-0.25, -0.2) is 0 Å². The van der Waals surface area contributed by atoms with E-state index in [-0.39, 0.29) is 6.42 Å². The van der Waals surface area contributed by atoms with Crippen LogP contribution in [0, 0.1) is 0 Å². The van der Waals surface area contributed by atoms with Gasteiger partial charge in [0.25, 0.3) is 0 Å². The number of methoxy groups -OCH3 is 9. The van der Waals surface area contributed by atoms with E-state index in [1.807, 2.05) is 6.07 Å². The van der Waals surface area contributed by atoms with Crippen LogP contribution in [0.3, 0.4) is 0 Å². The number of esters is 2. The largest absolute Gasteiger partial charge is 0.497 e. The minimum absolute atomic E-state index is 0.160. The Labute approximate surface area is 336 Å². The van der Waals surface area contributed by atoms with E-state index in [0.717, 1.165) is 0 Å². The molecule has 4 aromatic rings. The maximum absolute atomic E-state index is 13.2. The molecule has 2 aliphatic rings. The molecule has 0 spiro atoms. The first-order valence-corrected chi connectivity index (χ1v) is 18.2. The number of hydrogen-bond acceptors (Lipinski definition) is 15. The molecule has 4 aromatic carbocycles. The number of benzene rings is 4. The highest BCUT2D eigenvalue weighted by Crippen LogP contribution is 2.58. The minimum Gasteiger partial charge on any atom is -0.497 e. The average Bonchev–Trinajstić information content (AvgIpc) is 3.23. The molecule has 0 bridgehead atoms. The van der Waals surface area contributed by atoms with Crippen LogP contribution < -0.4 is 52.1 Å². The fourth-order valence-electron chi connectivity index (χ4n) is 7.74. The van der Waals surface area contributed by atoms with Gasteiger partial charge in [0.1, 0.15) is 34.9 Å². The Morgan fingerprint density at radius 1 is 0.552 bits per heavy atom. The van der Waals surface area contributed by atoms with Gasteiger partial charge in [-0.1, -0.05) is 6.07 Å². The summed E-state index contributed by atoms with van der Waals surface area (Å²) in [5.74, 6) is 2.41. The second-order valence-electron chi connectivity index (χ2n) is 13.3. The summed E-state index contributed by atoms with van der Waals surface area (Å²) in [6.45, 7) is 2.66. The third kappa shape index (κ3) is 7.55. The van der Waals surface area contributed by atoms with Crippen molar-refractivity contribution >= 4 is 11.9 Å². The maximum Gasteiger partial charge on any atom is 0.303 e. The molecule has 310 valence electrons. The molecule has 0 saturated carbocycles. The molecule has 6 rings (SSSR count). The lowest BCUT2D eigenvalue weighted by atomic mass is 9.77. The SMILES string of the molecule is COc1ccc([C@@H]2c3c(cc(OC)c4c3O[C@H](c3cc(OC)c(OC)c(OC)c3)[C@@H](OC(C)=O)C4)O[C@H](c3cc(OC)c(OC)c(OC)c3)[C@H]2OC(C)=O)c(OC)c1. The van der Waals surface area contributed by atoms with Crippen LogP contribution in [0.1, 0.15) is 59.8 Å². The molecular weight excluding hydrogens is 756 g/mol. The van der Waals surface area contributed by atoms with Gasteiger partial charge in [0.2, 0.25) is 11.5 Å². The molecule has 0 unspecified atom stereocenters. The van der Waals surface area contributed by atoms with Gasteiger partial charge < -0.3 is 61.6 Å². The highest BCUT2D eigenvalue weighted by atomic mass is 16.6. The van der Waals surface area contributed by atoms with Crippen LogP contribution in [0.5, 0.6) is 63.2 Å². The summed E-state index contributed by atoms with van der Waals surface area (Å²) in [7, 11) is 13.7. The Kier molecular flexibility index (Phi) is 12.4. The predicted molar refractivity (Wildman–Crippen MR) is 208 cm³/mol. The molecule has 0 aromatic heterocycles. The van der Waals surface area contributed by atoms with Crippen molar-refractivity contribution < 1.29 is 71.2 Å². The molecule has 15 nitrogen and oxygen atoms in total. The maximum atomic E-state index is 13.2. The Balaban J connectivity index is 1.68. The van der Waals surface area contributed by atoms with Crippen LogP contribution in [-0.2, 0) is 25.5 Å². The highest BCUT2D eigenvalue weighted by Gasteiger charge is 2.49. The van der Waals surface area contributed by atoms with E-state index in [1.165, 1.54) is 63.6 Å². The smallest absolute Gasteiger partial charge is 0.303 e. The third-order valence-electron chi connectivity index (χ3n) is 10.2. The van der Waals surface area contributed by atoms with E-state index >= 15 is 0 Å². The number of ether oxygens (including phenoxy) is 13. The zero-order valence-corrected chi connectivity index (χ0v) is 34.3. The standard InChI is InChI=1S/C43H48O15/c1-21(44)55-35-19-27-29(48-5)20-30-37(40(27)58-38(35)23-14-31(49-6)41(53-10)32(15-23)50-7)36(26-13-12-25(46-3)18-28(26)47-4)43(56-22(2)45)39(57-30)24-16-33(51-8)42(54-11)34(17-24)52-9/h12-18,20,35-36,38-39,43H,19H2,1-11H3/t35-,36+,38+,39+,43-/m0/s1. The summed E-state index contributed by atoms with van der Waals surface area (Å²) in [6.07, 6.45) is -3.61. The van der Waals surface area contributed by atoms with Gasteiger partial charge in [0.15, 0.2) is 41.3 Å². The lowest BCUT2D eigenvalue weighted by Gasteiger charge is -2.43. The van der Waals surface area contributed by atoms with Crippen molar-refractivity contribution in [3.63, 3.8) is 0 Å². The lowest BCUT2D eigenvalue weighted by Crippen LogP contribution is -2.40. The van der Waals surface area contributed by atoms with Crippen molar-refractivity contribution in [2.45, 2.75) is 50.6 Å². The Bertz CT molecular complexity index is 2110. The number of rotatable bonds is 14. The van der Waals surface area contributed by atoms with Crippen LogP contribution in [-0.4, -0.2) is 88.1 Å². The van der Waals surface area contributed by atoms with Crippen molar-refractivity contribution in [3.05, 3.63) is 76.3 Å². The molecular formula is C43H48O15. The van der Waals surface area contributed by atoms with E-state index in [2.05, 4.69) is 0 Å². The number of carbonyl (C=O) groups excluding carboxylic acids is 2. The van der Waals surface area contributed by atoms with Crippen molar-refractivity contribution in [2.75, 3.05) is 64.0 Å². The minimum atomic E-state index is -1.05. The van der Waals surface area contributed by atoms with Gasteiger partial charge in [0, 0.05) is 60.2 Å². The summed E-state index contributed by atoms with van der Waals surface area (Å²) in [5.41, 5.74) is 2.84. The van der Waals surface area contributed by atoms with Crippen LogP contribution in [0.2, 0.25) is 0 Å². The second kappa shape index (κ2) is 17.4. The molecule has 2 aliphatic heterocycles. The van der Waals surface area contributed by atoms with Gasteiger partial charge in [-0.05, 0) is 30.3 Å². The molecule has 0 aliphatic carbocycles. The van der Waals surface area contributed by atoms with Gasteiger partial charge in [-0.2, -0.15) is 0 Å². The van der Waals surface area contributed by atoms with Gasteiger partial charge in [-0.3, -0.25) is 9.59 Å². The third-order valence-corrected chi connectivity index (χ3v) is 10.2. The molecule has 58 heavy (non-hydrogen) atoms. The topological polar surface area (TPSA) is 154 Å². The quantitative estimate of drug-likeness (QED) is 0.126. The van der Waals surface area contributed by atoms with E-state index in [1.54, 1.807) is 56.7 Å². The monoisotopic (exact) mass is 804 g/mol. The van der Waals surface area contributed by atoms with E-state index < -0.39 is 42.3 Å². The van der Waals surface area contributed by atoms with E-state index in [9.17, 15) is 9.59 Å². The molecule has 5 atom stereocenters. The fraction of sp³-hybridized carbons (Fsp3) is 0.395. The van der Waals surface area contributed by atoms with Crippen LogP contribution in [0.4, 0.5) is 0 Å². The summed E-state index contributed by atoms with van der Waals surface area (Å²) >= 11 is 0. The summed E-state index contributed by atoms with van der Waals surface area (Å²) in [5, 5.41) is 0. The molecule has 2 heterocycles. The van der Waals surface area contributed by atoms with Gasteiger partial charge in [0.05, 0.1) is 69.9 Å². The van der Waals surface area contributed by atoms with Crippen molar-refractivity contribution in [3.8, 4) is 63.2 Å². The van der Waals surface area contributed by atoms with Crippen molar-refractivity contribution in [1.29, 1.82) is 0 Å². The highest BCUT2D eigenvalue weighted by molar-refractivity contribution is 5.70. The molecule has 15 heteroatoms. The molecule has 0 amide bonds. The molecule has 0 radical (unpaired) electrons. The van der Waals surface area contributed by atoms with Crippen molar-refractivity contribution in [1.82, 2.24) is 0 Å². The fourth-order valence-corrected chi connectivity index (χ4v) is 7.74. The predicted octanol–water partition coefficient (Wildman–Crippen LogP) is 6.57. The first kappa shape index (κ1) is 41.3. The average molecular weight is 805 g/mol. The van der Waals surface area contributed by atoms with Gasteiger partial charge >= 0.3 is 11.9 Å². The number of carbonyl (C=O) groups is 2. The van der Waals surface area contributed by atoms with Crippen LogP contribution >= 0.6 is 0 Å². The zero-order chi connectivity index (χ0) is 41.8. The molecule has 0 N–H and O–H groups in total. The summed E-state index contributed by atoms with van der Waals surface area (Å²) in [4.78, 5) is 25.8. The summed E-state index contributed by atoms with van der Waals surface area (Å²) in [6, 6.07) is 14.1. The first-order chi connectivity index (χ1) is 28.0. The number of hydrogen-bond donors (Lipinski definition) is 0. The molecule has 0 saturated heterocycles. The van der Waals surface area contributed by atoms with E-state index in [4.69, 9.17) is 61.6 Å². The van der Waals surface area contributed by atoms with Gasteiger partial charge in [-0.15, -0.1) is 0 Å². The lowest BCUT2D eigenvalue weighted by molar-refractivity contribution is -0.154. The Morgan fingerprint density at radius 3 is 1.53 bits per heavy atom. The first-order valence-electron chi connectivity index (χ1n) is 18.2. The van der Waals surface area contributed by atoms with Crippen LogP contribution in [0.15, 0.2) is 48.5 Å². The van der Waals surface area contributed by atoms with Crippen molar-refractivity contribution in [2.24, 2.45) is 0 Å². The zero-order valence-electron chi connectivity index (χ0n) is 34.3. The van der Waals surface area contributed by atoms with E-state index in [0.29, 0.717) is 91.1 Å². The number of fused-ring (bicyclic) bond motifs is 3. The Hall–Kier alpha value is -6.38. The second-order valence-corrected chi connectivity index (χ2v) is 13.3. The molecule has 0 fully saturated rings. The normalized spacial score (nSPS) is 19.1. The Morgan fingerprint density at radius 2 is 1.07 bits per heavy atom. The summed E-state index contributed by atoms with van der Waals surface area (Å²) < 4.78 is 77.8. The van der Waals surface area contributed by atoms with Crippen LogP contribution in [0.25, 0.3) is 0 Å².